The molecule has 1 atom stereocenters. The monoisotopic (exact) mass is 534 g/mol. The molecule has 0 N–H and O–H groups in total. The number of unbranched alkanes of at least 4 members (excludes halogenated alkanes) is 12. The Balaban J connectivity index is 1.50. The van der Waals surface area contributed by atoms with E-state index in [1.807, 2.05) is 12.4 Å². The number of nitrogens with zero attached hydrogens (tertiary/aromatic N) is 2. The first-order valence-electron chi connectivity index (χ1n) is 16.8. The van der Waals surface area contributed by atoms with Crippen molar-refractivity contribution >= 4 is 0 Å². The summed E-state index contributed by atoms with van der Waals surface area (Å²) in [4.78, 5) is 9.48. The normalized spacial score (nSPS) is 14.9. The van der Waals surface area contributed by atoms with Crippen molar-refractivity contribution in [2.24, 2.45) is 5.92 Å². The quantitative estimate of drug-likeness (QED) is 0.158. The Bertz CT molecular complexity index is 887. The van der Waals surface area contributed by atoms with Crippen molar-refractivity contribution in [1.82, 2.24) is 9.97 Å². The zero-order valence-corrected chi connectivity index (χ0v) is 25.7. The summed E-state index contributed by atoms with van der Waals surface area (Å²) in [7, 11) is 0. The van der Waals surface area contributed by atoms with Gasteiger partial charge in [0, 0.05) is 18.0 Å². The topological polar surface area (TPSA) is 35.0 Å². The second kappa shape index (κ2) is 19.2. The summed E-state index contributed by atoms with van der Waals surface area (Å²) in [6.07, 6.45) is 32.4. The van der Waals surface area contributed by atoms with E-state index in [0.717, 1.165) is 23.6 Å². The fourth-order valence-electron chi connectivity index (χ4n) is 6.24. The van der Waals surface area contributed by atoms with Crippen LogP contribution in [0, 0.1) is 12.8 Å². The largest absolute Gasteiger partial charge is 0.490 e. The van der Waals surface area contributed by atoms with E-state index in [-0.39, 0.29) is 0 Å². The van der Waals surface area contributed by atoms with Crippen LogP contribution in [0.1, 0.15) is 153 Å². The maximum absolute atomic E-state index is 6.73. The van der Waals surface area contributed by atoms with E-state index in [1.54, 1.807) is 0 Å². The van der Waals surface area contributed by atoms with Crippen LogP contribution >= 0.6 is 0 Å². The maximum atomic E-state index is 6.73. The van der Waals surface area contributed by atoms with Gasteiger partial charge in [0.05, 0.1) is 0 Å². The first-order chi connectivity index (χ1) is 19.2. The lowest BCUT2D eigenvalue weighted by atomic mass is 9.83. The zero-order chi connectivity index (χ0) is 27.5. The molecule has 1 fully saturated rings. The zero-order valence-electron chi connectivity index (χ0n) is 25.7. The summed E-state index contributed by atoms with van der Waals surface area (Å²) in [5, 5.41) is 0. The summed E-state index contributed by atoms with van der Waals surface area (Å²) in [6.45, 7) is 6.74. The molecule has 1 aromatic heterocycles. The molecule has 2 aromatic rings. The number of hydrogen-bond donors (Lipinski definition) is 0. The van der Waals surface area contributed by atoms with Crippen molar-refractivity contribution in [2.45, 2.75) is 162 Å². The lowest BCUT2D eigenvalue weighted by Crippen LogP contribution is -2.29. The van der Waals surface area contributed by atoms with Crippen LogP contribution in [0.5, 0.6) is 5.75 Å². The minimum atomic E-state index is 0.355. The second-order valence-electron chi connectivity index (χ2n) is 12.2. The first kappa shape index (κ1) is 31.6. The van der Waals surface area contributed by atoms with Crippen LogP contribution in [0.15, 0.2) is 30.6 Å². The van der Waals surface area contributed by atoms with Crippen LogP contribution in [0.3, 0.4) is 0 Å². The van der Waals surface area contributed by atoms with Gasteiger partial charge >= 0.3 is 0 Å². The van der Waals surface area contributed by atoms with Crippen LogP contribution < -0.4 is 4.74 Å². The minimum Gasteiger partial charge on any atom is -0.490 e. The number of ether oxygens (including phenoxy) is 1. The Morgan fingerprint density at radius 1 is 0.744 bits per heavy atom. The SMILES string of the molecule is CCCCCCCCCc1cnc(-c2ccc(OC(CCCCCCCCC)C3CCCCC3)cc2C)nc1. The van der Waals surface area contributed by atoms with Crippen LogP contribution in [-0.2, 0) is 6.42 Å². The molecular formula is C36H58N2O. The summed E-state index contributed by atoms with van der Waals surface area (Å²) in [6, 6.07) is 6.53. The molecule has 218 valence electrons. The standard InChI is InChI=1S/C36H58N2O/c1-4-6-8-10-12-14-17-21-31-28-37-36(38-29-31)34-26-25-33(27-30(34)3)39-35(32-22-18-16-19-23-32)24-20-15-13-11-9-7-5-2/h25-29,32,35H,4-24H2,1-3H3. The van der Waals surface area contributed by atoms with Gasteiger partial charge < -0.3 is 4.74 Å². The predicted molar refractivity (Wildman–Crippen MR) is 168 cm³/mol. The van der Waals surface area contributed by atoms with Gasteiger partial charge in [0.25, 0.3) is 0 Å². The van der Waals surface area contributed by atoms with Gasteiger partial charge in [0.15, 0.2) is 5.82 Å². The summed E-state index contributed by atoms with van der Waals surface area (Å²) >= 11 is 0. The molecule has 1 aromatic carbocycles. The van der Waals surface area contributed by atoms with Gasteiger partial charge in [0.2, 0.25) is 0 Å². The molecule has 3 nitrogen and oxygen atoms in total. The van der Waals surface area contributed by atoms with Crippen molar-refractivity contribution in [3.8, 4) is 17.1 Å². The van der Waals surface area contributed by atoms with Gasteiger partial charge in [-0.25, -0.2) is 9.97 Å². The Morgan fingerprint density at radius 2 is 1.33 bits per heavy atom. The molecule has 0 bridgehead atoms. The molecule has 1 heterocycles. The fourth-order valence-corrected chi connectivity index (χ4v) is 6.24. The Labute approximate surface area is 241 Å². The van der Waals surface area contributed by atoms with Crippen molar-refractivity contribution < 1.29 is 4.74 Å². The highest BCUT2D eigenvalue weighted by atomic mass is 16.5. The first-order valence-corrected chi connectivity index (χ1v) is 16.8. The van der Waals surface area contributed by atoms with E-state index >= 15 is 0 Å². The molecule has 3 rings (SSSR count). The van der Waals surface area contributed by atoms with Crippen molar-refractivity contribution in [3.05, 3.63) is 41.7 Å². The van der Waals surface area contributed by atoms with Crippen LogP contribution in [0.4, 0.5) is 0 Å². The van der Waals surface area contributed by atoms with Crippen LogP contribution in [-0.4, -0.2) is 16.1 Å². The fraction of sp³-hybridized carbons (Fsp3) is 0.722. The number of aryl methyl sites for hydroxylation is 2. The van der Waals surface area contributed by atoms with E-state index in [4.69, 9.17) is 14.7 Å². The molecule has 3 heteroatoms. The third-order valence-electron chi connectivity index (χ3n) is 8.77. The van der Waals surface area contributed by atoms with Crippen molar-refractivity contribution in [2.75, 3.05) is 0 Å². The molecule has 0 saturated heterocycles. The molecule has 1 unspecified atom stereocenters. The number of rotatable bonds is 20. The maximum Gasteiger partial charge on any atom is 0.159 e. The summed E-state index contributed by atoms with van der Waals surface area (Å²) < 4.78 is 6.73. The van der Waals surface area contributed by atoms with E-state index < -0.39 is 0 Å². The van der Waals surface area contributed by atoms with Gasteiger partial charge in [0.1, 0.15) is 11.9 Å². The van der Waals surface area contributed by atoms with E-state index in [2.05, 4.69) is 39.0 Å². The van der Waals surface area contributed by atoms with Crippen LogP contribution in [0.25, 0.3) is 11.4 Å². The minimum absolute atomic E-state index is 0.355. The molecule has 0 radical (unpaired) electrons. The highest BCUT2D eigenvalue weighted by Crippen LogP contribution is 2.33. The van der Waals surface area contributed by atoms with E-state index in [0.29, 0.717) is 12.0 Å². The van der Waals surface area contributed by atoms with Gasteiger partial charge in [-0.3, -0.25) is 0 Å². The third-order valence-corrected chi connectivity index (χ3v) is 8.77. The van der Waals surface area contributed by atoms with Gasteiger partial charge in [-0.05, 0) is 80.7 Å². The van der Waals surface area contributed by atoms with E-state index in [1.165, 1.54) is 140 Å². The average molecular weight is 535 g/mol. The molecule has 1 saturated carbocycles. The Hall–Kier alpha value is -1.90. The van der Waals surface area contributed by atoms with Gasteiger partial charge in [-0.2, -0.15) is 0 Å². The molecule has 1 aliphatic rings. The molecule has 0 spiro atoms. The molecule has 0 amide bonds. The lowest BCUT2D eigenvalue weighted by Gasteiger charge is -2.31. The summed E-state index contributed by atoms with van der Waals surface area (Å²) in [5.74, 6) is 2.56. The van der Waals surface area contributed by atoms with Crippen molar-refractivity contribution in [3.63, 3.8) is 0 Å². The molecule has 39 heavy (non-hydrogen) atoms. The molecular weight excluding hydrogens is 476 g/mol. The predicted octanol–water partition coefficient (Wildman–Crippen LogP) is 11.2. The molecule has 0 aliphatic heterocycles. The highest BCUT2D eigenvalue weighted by Gasteiger charge is 2.25. The third kappa shape index (κ3) is 12.0. The highest BCUT2D eigenvalue weighted by molar-refractivity contribution is 5.61. The van der Waals surface area contributed by atoms with E-state index in [9.17, 15) is 0 Å². The van der Waals surface area contributed by atoms with Gasteiger partial charge in [-0.15, -0.1) is 0 Å². The smallest absolute Gasteiger partial charge is 0.159 e. The van der Waals surface area contributed by atoms with Crippen LogP contribution in [0.2, 0.25) is 0 Å². The average Bonchev–Trinajstić information content (AvgIpc) is 2.96. The number of aromatic nitrogens is 2. The van der Waals surface area contributed by atoms with Gasteiger partial charge in [-0.1, -0.05) is 110 Å². The summed E-state index contributed by atoms with van der Waals surface area (Å²) in [5.41, 5.74) is 3.57. The Morgan fingerprint density at radius 3 is 1.95 bits per heavy atom. The molecule has 1 aliphatic carbocycles. The van der Waals surface area contributed by atoms with Crippen molar-refractivity contribution in [1.29, 1.82) is 0 Å². The lowest BCUT2D eigenvalue weighted by molar-refractivity contribution is 0.0968. The second-order valence-corrected chi connectivity index (χ2v) is 12.2. The Kier molecular flexibility index (Phi) is 15.6. The number of benzene rings is 1. The number of hydrogen-bond acceptors (Lipinski definition) is 3.